The lowest BCUT2D eigenvalue weighted by molar-refractivity contribution is 0.0839. The number of nitrogen functional groups attached to an aromatic ring is 1. The Balaban J connectivity index is 1.65. The van der Waals surface area contributed by atoms with E-state index in [9.17, 15) is 4.79 Å². The molecular formula is C23H22N2O2. The fourth-order valence-corrected chi connectivity index (χ4v) is 3.56. The molecule has 3 N–H and O–H groups in total. The number of fused-ring (bicyclic) bond motifs is 1. The highest BCUT2D eigenvalue weighted by Gasteiger charge is 2.31. The minimum Gasteiger partial charge on any atom is -0.488 e. The number of amides is 1. The van der Waals surface area contributed by atoms with E-state index >= 15 is 0 Å². The second-order valence-corrected chi connectivity index (χ2v) is 6.75. The van der Waals surface area contributed by atoms with Gasteiger partial charge in [0.25, 0.3) is 5.91 Å². The minimum absolute atomic E-state index is 0.133. The molecule has 2 atom stereocenters. The average Bonchev–Trinajstić information content (AvgIpc) is 2.73. The smallest absolute Gasteiger partial charge is 0.251 e. The number of nitrogens with one attached hydrogen (secondary N) is 1. The van der Waals surface area contributed by atoms with Gasteiger partial charge in [-0.3, -0.25) is 4.79 Å². The zero-order valence-corrected chi connectivity index (χ0v) is 15.0. The van der Waals surface area contributed by atoms with Gasteiger partial charge in [-0.2, -0.15) is 0 Å². The summed E-state index contributed by atoms with van der Waals surface area (Å²) >= 11 is 0. The molecule has 1 aliphatic rings. The quantitative estimate of drug-likeness (QED) is 0.689. The van der Waals surface area contributed by atoms with Crippen molar-refractivity contribution in [3.05, 3.63) is 95.6 Å². The molecule has 27 heavy (non-hydrogen) atoms. The normalized spacial score (nSPS) is 16.7. The molecule has 4 rings (SSSR count). The molecule has 1 amide bonds. The molecule has 4 heteroatoms. The number of carbonyl (C=O) groups excluding carboxylic acids is 1. The third-order valence-electron chi connectivity index (χ3n) is 4.97. The topological polar surface area (TPSA) is 64.3 Å². The first-order chi connectivity index (χ1) is 13.2. The molecule has 0 saturated heterocycles. The number of ether oxygens (including phenoxy) is 1. The Morgan fingerprint density at radius 2 is 1.67 bits per heavy atom. The summed E-state index contributed by atoms with van der Waals surface area (Å²) in [5.74, 6) is 0.744. The maximum absolute atomic E-state index is 12.8. The molecule has 3 aromatic rings. The van der Waals surface area contributed by atoms with Gasteiger partial charge in [0.15, 0.2) is 0 Å². The van der Waals surface area contributed by atoms with E-state index in [1.54, 1.807) is 12.1 Å². The molecule has 0 radical (unpaired) electrons. The van der Waals surface area contributed by atoms with E-state index < -0.39 is 0 Å². The molecular weight excluding hydrogens is 336 g/mol. The number of benzene rings is 3. The minimum atomic E-state index is -0.327. The second kappa shape index (κ2) is 7.54. The fraction of sp³-hybridized carbons (Fsp3) is 0.174. The van der Waals surface area contributed by atoms with Crippen molar-refractivity contribution in [3.8, 4) is 5.75 Å². The number of anilines is 1. The van der Waals surface area contributed by atoms with E-state index in [-0.39, 0.29) is 18.1 Å². The third-order valence-corrected chi connectivity index (χ3v) is 4.97. The SMILES string of the molecule is Nc1ccccc1C(NC(=O)c1ccccc1)C1CCc2ccccc2O1. The van der Waals surface area contributed by atoms with Crippen LogP contribution in [0.3, 0.4) is 0 Å². The van der Waals surface area contributed by atoms with Crippen molar-refractivity contribution in [2.24, 2.45) is 0 Å². The van der Waals surface area contributed by atoms with Crippen molar-refractivity contribution < 1.29 is 9.53 Å². The Labute approximate surface area is 159 Å². The average molecular weight is 358 g/mol. The molecule has 0 saturated carbocycles. The number of para-hydroxylation sites is 2. The van der Waals surface area contributed by atoms with Crippen LogP contribution in [0, 0.1) is 0 Å². The van der Waals surface area contributed by atoms with Gasteiger partial charge in [-0.25, -0.2) is 0 Å². The van der Waals surface area contributed by atoms with Crippen LogP contribution in [0.5, 0.6) is 5.75 Å². The van der Waals surface area contributed by atoms with Gasteiger partial charge >= 0.3 is 0 Å². The van der Waals surface area contributed by atoms with Crippen LogP contribution >= 0.6 is 0 Å². The second-order valence-electron chi connectivity index (χ2n) is 6.75. The Kier molecular flexibility index (Phi) is 4.79. The number of hydrogen-bond donors (Lipinski definition) is 2. The van der Waals surface area contributed by atoms with E-state index in [4.69, 9.17) is 10.5 Å². The molecule has 1 heterocycles. The van der Waals surface area contributed by atoms with E-state index in [0.717, 1.165) is 24.2 Å². The molecule has 0 bridgehead atoms. The van der Waals surface area contributed by atoms with E-state index in [1.807, 2.05) is 60.7 Å². The predicted molar refractivity (Wildman–Crippen MR) is 107 cm³/mol. The van der Waals surface area contributed by atoms with Crippen molar-refractivity contribution >= 4 is 11.6 Å². The first-order valence-corrected chi connectivity index (χ1v) is 9.17. The highest BCUT2D eigenvalue weighted by Crippen LogP contribution is 2.34. The van der Waals surface area contributed by atoms with Crippen LogP contribution in [0.4, 0.5) is 5.69 Å². The van der Waals surface area contributed by atoms with E-state index in [0.29, 0.717) is 11.3 Å². The summed E-state index contributed by atoms with van der Waals surface area (Å²) in [5, 5.41) is 3.15. The van der Waals surface area contributed by atoms with Gasteiger partial charge < -0.3 is 15.8 Å². The summed E-state index contributed by atoms with van der Waals surface area (Å²) in [5.41, 5.74) is 9.58. The third kappa shape index (κ3) is 3.65. The largest absolute Gasteiger partial charge is 0.488 e. The highest BCUT2D eigenvalue weighted by atomic mass is 16.5. The van der Waals surface area contributed by atoms with Gasteiger partial charge in [0, 0.05) is 16.8 Å². The lowest BCUT2D eigenvalue weighted by Gasteiger charge is -2.33. The predicted octanol–water partition coefficient (Wildman–Crippen LogP) is 4.13. The lowest BCUT2D eigenvalue weighted by Crippen LogP contribution is -2.41. The first-order valence-electron chi connectivity index (χ1n) is 9.17. The van der Waals surface area contributed by atoms with Gasteiger partial charge in [-0.15, -0.1) is 0 Å². The van der Waals surface area contributed by atoms with Crippen molar-refractivity contribution in [2.75, 3.05) is 5.73 Å². The van der Waals surface area contributed by atoms with Crippen molar-refractivity contribution in [3.63, 3.8) is 0 Å². The van der Waals surface area contributed by atoms with Crippen LogP contribution in [0.25, 0.3) is 0 Å². The monoisotopic (exact) mass is 358 g/mol. The molecule has 4 nitrogen and oxygen atoms in total. The Bertz CT molecular complexity index is 940. The van der Waals surface area contributed by atoms with Gasteiger partial charge in [0.2, 0.25) is 0 Å². The number of hydrogen-bond acceptors (Lipinski definition) is 3. The molecule has 2 unspecified atom stereocenters. The zero-order chi connectivity index (χ0) is 18.6. The Morgan fingerprint density at radius 3 is 2.48 bits per heavy atom. The van der Waals surface area contributed by atoms with Crippen molar-refractivity contribution in [1.29, 1.82) is 0 Å². The Hall–Kier alpha value is -3.27. The number of rotatable bonds is 4. The Morgan fingerprint density at radius 1 is 0.963 bits per heavy atom. The number of nitrogens with two attached hydrogens (primary N) is 1. The maximum atomic E-state index is 12.8. The molecule has 3 aromatic carbocycles. The van der Waals surface area contributed by atoms with Crippen LogP contribution in [0.15, 0.2) is 78.9 Å². The van der Waals surface area contributed by atoms with Crippen LogP contribution < -0.4 is 15.8 Å². The summed E-state index contributed by atoms with van der Waals surface area (Å²) in [7, 11) is 0. The lowest BCUT2D eigenvalue weighted by atomic mass is 9.92. The molecule has 136 valence electrons. The van der Waals surface area contributed by atoms with Crippen LogP contribution in [0.2, 0.25) is 0 Å². The summed E-state index contributed by atoms with van der Waals surface area (Å²) in [6, 6.07) is 24.6. The van der Waals surface area contributed by atoms with Gasteiger partial charge in [0.1, 0.15) is 11.9 Å². The number of aryl methyl sites for hydroxylation is 1. The van der Waals surface area contributed by atoms with Crippen molar-refractivity contribution in [2.45, 2.75) is 25.0 Å². The van der Waals surface area contributed by atoms with Crippen LogP contribution in [-0.2, 0) is 6.42 Å². The summed E-state index contributed by atoms with van der Waals surface area (Å²) < 4.78 is 6.27. The summed E-state index contributed by atoms with van der Waals surface area (Å²) in [4.78, 5) is 12.8. The molecule has 1 aliphatic heterocycles. The standard InChI is InChI=1S/C23H22N2O2/c24-19-12-6-5-11-18(19)22(25-23(26)17-9-2-1-3-10-17)21-15-14-16-8-4-7-13-20(16)27-21/h1-13,21-22H,14-15,24H2,(H,25,26). The highest BCUT2D eigenvalue weighted by molar-refractivity contribution is 5.94. The molecule has 0 aliphatic carbocycles. The molecule has 0 spiro atoms. The summed E-state index contributed by atoms with van der Waals surface area (Å²) in [6.45, 7) is 0. The fourth-order valence-electron chi connectivity index (χ4n) is 3.56. The van der Waals surface area contributed by atoms with Crippen molar-refractivity contribution in [1.82, 2.24) is 5.32 Å². The van der Waals surface area contributed by atoms with Crippen LogP contribution in [0.1, 0.15) is 33.9 Å². The molecule has 0 fully saturated rings. The van der Waals surface area contributed by atoms with Gasteiger partial charge in [-0.1, -0.05) is 54.6 Å². The number of carbonyl (C=O) groups is 1. The van der Waals surface area contributed by atoms with E-state index in [2.05, 4.69) is 11.4 Å². The first kappa shape index (κ1) is 17.2. The summed E-state index contributed by atoms with van der Waals surface area (Å²) in [6.07, 6.45) is 1.54. The maximum Gasteiger partial charge on any atom is 0.251 e. The van der Waals surface area contributed by atoms with Crippen LogP contribution in [-0.4, -0.2) is 12.0 Å². The van der Waals surface area contributed by atoms with Gasteiger partial charge in [0.05, 0.1) is 6.04 Å². The van der Waals surface area contributed by atoms with Gasteiger partial charge in [-0.05, 0) is 42.7 Å². The van der Waals surface area contributed by atoms with E-state index in [1.165, 1.54) is 5.56 Å². The zero-order valence-electron chi connectivity index (χ0n) is 15.0. The molecule has 0 aromatic heterocycles.